The fourth-order valence-electron chi connectivity index (χ4n) is 2.34. The number of carboxylic acids is 1. The SMILES string of the molecule is CCC(CC)(CC(=O)NCC1COC(C)(C)O1)C(=O)O. The highest BCUT2D eigenvalue weighted by molar-refractivity contribution is 5.84. The third-order valence-corrected chi connectivity index (χ3v) is 3.90. The second-order valence-electron chi connectivity index (χ2n) is 5.72. The van der Waals surface area contributed by atoms with E-state index < -0.39 is 17.2 Å². The van der Waals surface area contributed by atoms with E-state index in [1.165, 1.54) is 0 Å². The van der Waals surface area contributed by atoms with Crippen molar-refractivity contribution in [3.05, 3.63) is 0 Å². The van der Waals surface area contributed by atoms with Gasteiger partial charge in [0.25, 0.3) is 0 Å². The van der Waals surface area contributed by atoms with Gasteiger partial charge in [-0.05, 0) is 26.7 Å². The van der Waals surface area contributed by atoms with Gasteiger partial charge in [0.1, 0.15) is 6.10 Å². The highest BCUT2D eigenvalue weighted by Crippen LogP contribution is 2.31. The molecule has 1 saturated heterocycles. The van der Waals surface area contributed by atoms with E-state index in [4.69, 9.17) is 9.47 Å². The summed E-state index contributed by atoms with van der Waals surface area (Å²) in [5, 5.41) is 12.0. The van der Waals surface area contributed by atoms with Crippen LogP contribution in [0, 0.1) is 5.41 Å². The largest absolute Gasteiger partial charge is 0.481 e. The van der Waals surface area contributed by atoms with Gasteiger partial charge in [0.05, 0.1) is 12.0 Å². The smallest absolute Gasteiger partial charge is 0.310 e. The topological polar surface area (TPSA) is 84.9 Å². The maximum atomic E-state index is 11.9. The van der Waals surface area contributed by atoms with Crippen molar-refractivity contribution in [2.75, 3.05) is 13.2 Å². The zero-order valence-corrected chi connectivity index (χ0v) is 12.7. The van der Waals surface area contributed by atoms with Crippen LogP contribution in [0.15, 0.2) is 0 Å². The summed E-state index contributed by atoms with van der Waals surface area (Å²) >= 11 is 0. The molecule has 0 aliphatic carbocycles. The molecule has 0 aromatic carbocycles. The van der Waals surface area contributed by atoms with Crippen molar-refractivity contribution in [3.8, 4) is 0 Å². The van der Waals surface area contributed by atoms with Gasteiger partial charge in [0.15, 0.2) is 5.79 Å². The molecule has 0 radical (unpaired) electrons. The summed E-state index contributed by atoms with van der Waals surface area (Å²) in [6.45, 7) is 7.99. The number of aliphatic carboxylic acids is 1. The van der Waals surface area contributed by atoms with Crippen molar-refractivity contribution in [1.29, 1.82) is 0 Å². The number of carbonyl (C=O) groups is 2. The van der Waals surface area contributed by atoms with Gasteiger partial charge in [0.2, 0.25) is 5.91 Å². The number of nitrogens with one attached hydrogen (secondary N) is 1. The number of carbonyl (C=O) groups excluding carboxylic acids is 1. The number of rotatable bonds is 7. The second-order valence-corrected chi connectivity index (χ2v) is 5.72. The fourth-order valence-corrected chi connectivity index (χ4v) is 2.34. The van der Waals surface area contributed by atoms with E-state index in [0.29, 0.717) is 26.0 Å². The third kappa shape index (κ3) is 4.18. The van der Waals surface area contributed by atoms with Crippen LogP contribution in [-0.4, -0.2) is 42.0 Å². The number of carboxylic acid groups (broad SMARTS) is 1. The van der Waals surface area contributed by atoms with Crippen molar-refractivity contribution in [1.82, 2.24) is 5.32 Å². The number of ether oxygens (including phenoxy) is 2. The lowest BCUT2D eigenvalue weighted by Crippen LogP contribution is -2.40. The van der Waals surface area contributed by atoms with Crippen molar-refractivity contribution in [3.63, 3.8) is 0 Å². The Hall–Kier alpha value is -1.14. The van der Waals surface area contributed by atoms with Gasteiger partial charge in [-0.1, -0.05) is 13.8 Å². The van der Waals surface area contributed by atoms with Crippen LogP contribution >= 0.6 is 0 Å². The van der Waals surface area contributed by atoms with Crippen molar-refractivity contribution >= 4 is 11.9 Å². The molecule has 0 aromatic heterocycles. The van der Waals surface area contributed by atoms with Crippen LogP contribution in [-0.2, 0) is 19.1 Å². The van der Waals surface area contributed by atoms with Crippen LogP contribution in [0.25, 0.3) is 0 Å². The molecule has 2 N–H and O–H groups in total. The van der Waals surface area contributed by atoms with Gasteiger partial charge >= 0.3 is 5.97 Å². The first-order valence-corrected chi connectivity index (χ1v) is 7.06. The minimum absolute atomic E-state index is 0.00764. The highest BCUT2D eigenvalue weighted by Gasteiger charge is 2.38. The summed E-state index contributed by atoms with van der Waals surface area (Å²) in [6.07, 6.45) is 0.674. The summed E-state index contributed by atoms with van der Waals surface area (Å²) in [7, 11) is 0. The molecule has 6 nitrogen and oxygen atoms in total. The molecule has 0 bridgehead atoms. The minimum Gasteiger partial charge on any atom is -0.481 e. The maximum absolute atomic E-state index is 11.9. The van der Waals surface area contributed by atoms with Crippen LogP contribution in [0.2, 0.25) is 0 Å². The first-order valence-electron chi connectivity index (χ1n) is 7.06. The predicted molar refractivity (Wildman–Crippen MR) is 73.2 cm³/mol. The minimum atomic E-state index is -0.976. The molecule has 0 spiro atoms. The zero-order valence-electron chi connectivity index (χ0n) is 12.7. The van der Waals surface area contributed by atoms with Crippen molar-refractivity contribution in [2.45, 2.75) is 58.8 Å². The lowest BCUT2D eigenvalue weighted by Gasteiger charge is -2.26. The van der Waals surface area contributed by atoms with Crippen LogP contribution < -0.4 is 5.32 Å². The monoisotopic (exact) mass is 287 g/mol. The molecule has 1 atom stereocenters. The summed E-state index contributed by atoms with van der Waals surface area (Å²) < 4.78 is 11.0. The molecule has 1 aliphatic heterocycles. The van der Waals surface area contributed by atoms with Gasteiger partial charge in [0, 0.05) is 13.0 Å². The Bertz CT molecular complexity index is 363. The molecule has 0 aromatic rings. The average Bonchev–Trinajstić information content (AvgIpc) is 2.73. The first-order chi connectivity index (χ1) is 9.24. The zero-order chi connectivity index (χ0) is 15.4. The molecular formula is C14H25NO5. The molecule has 1 amide bonds. The van der Waals surface area contributed by atoms with Gasteiger partial charge in [-0.25, -0.2) is 0 Å². The Morgan fingerprint density at radius 3 is 2.35 bits per heavy atom. The molecule has 1 rings (SSSR count). The number of amides is 1. The van der Waals surface area contributed by atoms with Crippen LogP contribution in [0.1, 0.15) is 47.0 Å². The predicted octanol–water partition coefficient (Wildman–Crippen LogP) is 1.54. The molecule has 1 heterocycles. The summed E-state index contributed by atoms with van der Waals surface area (Å²) in [5.41, 5.74) is -0.976. The quantitative estimate of drug-likeness (QED) is 0.742. The Kier molecular flexibility index (Phi) is 5.53. The van der Waals surface area contributed by atoms with E-state index in [2.05, 4.69) is 5.32 Å². The Balaban J connectivity index is 2.45. The molecule has 0 saturated carbocycles. The van der Waals surface area contributed by atoms with E-state index in [1.54, 1.807) is 13.8 Å². The molecule has 1 aliphatic rings. The van der Waals surface area contributed by atoms with Crippen LogP contribution in [0.4, 0.5) is 0 Å². The molecular weight excluding hydrogens is 262 g/mol. The Morgan fingerprint density at radius 1 is 1.35 bits per heavy atom. The maximum Gasteiger partial charge on any atom is 0.310 e. The molecule has 1 unspecified atom stereocenters. The number of hydrogen-bond donors (Lipinski definition) is 2. The van der Waals surface area contributed by atoms with E-state index in [9.17, 15) is 14.7 Å². The molecule has 1 fully saturated rings. The van der Waals surface area contributed by atoms with E-state index in [0.717, 1.165) is 0 Å². The second kappa shape index (κ2) is 6.54. The molecule has 6 heteroatoms. The van der Waals surface area contributed by atoms with Gasteiger partial charge in [-0.15, -0.1) is 0 Å². The highest BCUT2D eigenvalue weighted by atomic mass is 16.7. The summed E-state index contributed by atoms with van der Waals surface area (Å²) in [4.78, 5) is 23.3. The normalized spacial score (nSPS) is 21.7. The van der Waals surface area contributed by atoms with Crippen molar-refractivity contribution in [2.24, 2.45) is 5.41 Å². The van der Waals surface area contributed by atoms with Gasteiger partial charge < -0.3 is 19.9 Å². The van der Waals surface area contributed by atoms with Crippen LogP contribution in [0.5, 0.6) is 0 Å². The number of hydrogen-bond acceptors (Lipinski definition) is 4. The fraction of sp³-hybridized carbons (Fsp3) is 0.857. The van der Waals surface area contributed by atoms with E-state index in [1.807, 2.05) is 13.8 Å². The average molecular weight is 287 g/mol. The molecule has 116 valence electrons. The standard InChI is InChI=1S/C14H25NO5/c1-5-14(6-2,12(17)18)7-11(16)15-8-10-9-19-13(3,4)20-10/h10H,5-9H2,1-4H3,(H,15,16)(H,17,18). The molecule has 20 heavy (non-hydrogen) atoms. The Morgan fingerprint density at radius 2 is 1.95 bits per heavy atom. The van der Waals surface area contributed by atoms with E-state index in [-0.39, 0.29) is 18.4 Å². The van der Waals surface area contributed by atoms with Crippen molar-refractivity contribution < 1.29 is 24.2 Å². The first kappa shape index (κ1) is 16.9. The van der Waals surface area contributed by atoms with E-state index >= 15 is 0 Å². The Labute approximate surface area is 119 Å². The third-order valence-electron chi connectivity index (χ3n) is 3.90. The van der Waals surface area contributed by atoms with Gasteiger partial charge in [-0.2, -0.15) is 0 Å². The van der Waals surface area contributed by atoms with Crippen LogP contribution in [0.3, 0.4) is 0 Å². The van der Waals surface area contributed by atoms with Gasteiger partial charge in [-0.3, -0.25) is 9.59 Å². The lowest BCUT2D eigenvalue weighted by molar-refractivity contribution is -0.152. The summed E-state index contributed by atoms with van der Waals surface area (Å²) in [6, 6.07) is 0. The lowest BCUT2D eigenvalue weighted by atomic mass is 9.79. The summed E-state index contributed by atoms with van der Waals surface area (Å²) in [5.74, 6) is -1.80.